The molecule has 0 amide bonds. The van der Waals surface area contributed by atoms with Gasteiger partial charge in [0.05, 0.1) is 11.9 Å². The Morgan fingerprint density at radius 2 is 2.07 bits per heavy atom. The molecule has 0 radical (unpaired) electrons. The predicted molar refractivity (Wildman–Crippen MR) is 50.4 cm³/mol. The molecule has 0 aliphatic rings. The second-order valence-corrected chi connectivity index (χ2v) is 4.64. The van der Waals surface area contributed by atoms with Gasteiger partial charge in [0.1, 0.15) is 0 Å². The first-order chi connectivity index (χ1) is 6.42. The van der Waals surface area contributed by atoms with Gasteiger partial charge in [-0.15, -0.1) is 0 Å². The third-order valence-electron chi connectivity index (χ3n) is 1.45. The first kappa shape index (κ1) is 10.9. The number of rotatable bonds is 3. The molecule has 14 heavy (non-hydrogen) atoms. The Morgan fingerprint density at radius 3 is 2.50 bits per heavy atom. The van der Waals surface area contributed by atoms with Crippen LogP contribution in [0.3, 0.4) is 0 Å². The molecule has 1 aromatic rings. The maximum Gasteiger partial charge on any atom is 0.301 e. The Bertz CT molecular complexity index is 401. The van der Waals surface area contributed by atoms with Gasteiger partial charge in [-0.25, -0.2) is 4.98 Å². The van der Waals surface area contributed by atoms with Crippen LogP contribution >= 0.6 is 0 Å². The van der Waals surface area contributed by atoms with Gasteiger partial charge in [-0.05, 0) is 12.1 Å². The highest BCUT2D eigenvalue weighted by atomic mass is 32.2. The zero-order chi connectivity index (χ0) is 10.8. The smallest absolute Gasteiger partial charge is 0.269 e. The summed E-state index contributed by atoms with van der Waals surface area (Å²) in [6, 6.07) is 2.37. The summed E-state index contributed by atoms with van der Waals surface area (Å²) in [5.41, 5.74) is 0.222. The summed E-state index contributed by atoms with van der Waals surface area (Å²) in [4.78, 5) is 3.31. The molecule has 0 saturated carbocycles. The molecule has 7 heteroatoms. The van der Waals surface area contributed by atoms with Crippen LogP contribution in [0.1, 0.15) is 0 Å². The van der Waals surface area contributed by atoms with Crippen LogP contribution < -0.4 is 4.72 Å². The molecule has 78 valence electrons. The Labute approximate surface area is 81.8 Å². The number of pyridine rings is 1. The van der Waals surface area contributed by atoms with E-state index in [-0.39, 0.29) is 5.69 Å². The zero-order valence-corrected chi connectivity index (χ0v) is 8.55. The van der Waals surface area contributed by atoms with Crippen LogP contribution in [-0.2, 0) is 10.2 Å². The largest absolute Gasteiger partial charge is 0.301 e. The summed E-state index contributed by atoms with van der Waals surface area (Å²) in [5.74, 6) is -0.655. The Balaban J connectivity index is 2.85. The number of anilines is 1. The highest BCUT2D eigenvalue weighted by molar-refractivity contribution is 7.90. The van der Waals surface area contributed by atoms with Gasteiger partial charge in [-0.3, -0.25) is 4.72 Å². The second kappa shape index (κ2) is 3.89. The molecule has 0 spiro atoms. The van der Waals surface area contributed by atoms with E-state index in [1.807, 2.05) is 0 Å². The molecule has 0 aliphatic carbocycles. The van der Waals surface area contributed by atoms with Crippen molar-refractivity contribution < 1.29 is 12.8 Å². The Morgan fingerprint density at radius 1 is 1.43 bits per heavy atom. The Kier molecular flexibility index (Phi) is 3.02. The van der Waals surface area contributed by atoms with E-state index in [2.05, 4.69) is 9.71 Å². The van der Waals surface area contributed by atoms with Crippen molar-refractivity contribution in [2.45, 2.75) is 0 Å². The van der Waals surface area contributed by atoms with Gasteiger partial charge in [0, 0.05) is 14.1 Å². The number of hydrogen-bond acceptors (Lipinski definition) is 3. The van der Waals surface area contributed by atoms with Gasteiger partial charge in [-0.2, -0.15) is 17.1 Å². The number of halogens is 1. The zero-order valence-electron chi connectivity index (χ0n) is 7.73. The number of aromatic nitrogens is 1. The third-order valence-corrected chi connectivity index (χ3v) is 2.91. The van der Waals surface area contributed by atoms with Crippen molar-refractivity contribution in [1.29, 1.82) is 0 Å². The monoisotopic (exact) mass is 219 g/mol. The maximum absolute atomic E-state index is 12.4. The molecule has 0 bridgehead atoms. The first-order valence-electron chi connectivity index (χ1n) is 3.73. The molecule has 1 heterocycles. The highest BCUT2D eigenvalue weighted by Gasteiger charge is 2.12. The second-order valence-electron chi connectivity index (χ2n) is 2.76. The lowest BCUT2D eigenvalue weighted by Crippen LogP contribution is -2.28. The van der Waals surface area contributed by atoms with Crippen LogP contribution in [0, 0.1) is 5.95 Å². The molecular formula is C7H10FN3O2S. The van der Waals surface area contributed by atoms with Crippen molar-refractivity contribution in [2.75, 3.05) is 18.8 Å². The van der Waals surface area contributed by atoms with E-state index < -0.39 is 16.2 Å². The van der Waals surface area contributed by atoms with E-state index in [1.54, 1.807) is 0 Å². The molecule has 1 N–H and O–H groups in total. The maximum atomic E-state index is 12.4. The van der Waals surface area contributed by atoms with Crippen LogP contribution in [0.4, 0.5) is 10.1 Å². The van der Waals surface area contributed by atoms with E-state index in [0.717, 1.165) is 16.6 Å². The summed E-state index contributed by atoms with van der Waals surface area (Å²) in [6.07, 6.45) is 1.11. The molecule has 0 unspecified atom stereocenters. The lowest BCUT2D eigenvalue weighted by Gasteiger charge is -2.12. The number of hydrogen-bond donors (Lipinski definition) is 1. The molecule has 0 saturated heterocycles. The average Bonchev–Trinajstić information content (AvgIpc) is 2.08. The molecule has 1 aromatic heterocycles. The minimum absolute atomic E-state index is 0.222. The number of nitrogens with one attached hydrogen (secondary N) is 1. The van der Waals surface area contributed by atoms with E-state index in [4.69, 9.17) is 0 Å². The lowest BCUT2D eigenvalue weighted by molar-refractivity contribution is 0.526. The fraction of sp³-hybridized carbons (Fsp3) is 0.286. The average molecular weight is 219 g/mol. The first-order valence-corrected chi connectivity index (χ1v) is 5.17. The van der Waals surface area contributed by atoms with Crippen molar-refractivity contribution in [3.05, 3.63) is 24.3 Å². The summed E-state index contributed by atoms with van der Waals surface area (Å²) in [5, 5.41) is 0. The van der Waals surface area contributed by atoms with E-state index in [1.165, 1.54) is 20.2 Å². The summed E-state index contributed by atoms with van der Waals surface area (Å²) >= 11 is 0. The lowest BCUT2D eigenvalue weighted by atomic mass is 10.4. The summed E-state index contributed by atoms with van der Waals surface area (Å²) < 4.78 is 38.2. The minimum atomic E-state index is -3.54. The molecule has 5 nitrogen and oxygen atoms in total. The quantitative estimate of drug-likeness (QED) is 0.750. The summed E-state index contributed by atoms with van der Waals surface area (Å²) in [6.45, 7) is 0. The number of nitrogens with zero attached hydrogens (tertiary/aromatic N) is 2. The molecule has 0 fully saturated rings. The van der Waals surface area contributed by atoms with Gasteiger partial charge < -0.3 is 0 Å². The van der Waals surface area contributed by atoms with Gasteiger partial charge in [-0.1, -0.05) is 0 Å². The molecule has 0 aliphatic heterocycles. The fourth-order valence-corrected chi connectivity index (χ4v) is 1.28. The third kappa shape index (κ3) is 2.64. The normalized spacial score (nSPS) is 11.7. The van der Waals surface area contributed by atoms with E-state index in [9.17, 15) is 12.8 Å². The van der Waals surface area contributed by atoms with Crippen LogP contribution in [0.5, 0.6) is 0 Å². The van der Waals surface area contributed by atoms with Crippen LogP contribution in [-0.4, -0.2) is 31.8 Å². The Hall–Kier alpha value is -1.21. The van der Waals surface area contributed by atoms with Crippen molar-refractivity contribution in [3.63, 3.8) is 0 Å². The highest BCUT2D eigenvalue weighted by Crippen LogP contribution is 2.08. The van der Waals surface area contributed by atoms with Crippen LogP contribution in [0.15, 0.2) is 18.3 Å². The van der Waals surface area contributed by atoms with Crippen molar-refractivity contribution in [2.24, 2.45) is 0 Å². The molecular weight excluding hydrogens is 209 g/mol. The topological polar surface area (TPSA) is 62.3 Å². The molecule has 1 rings (SSSR count). The van der Waals surface area contributed by atoms with Gasteiger partial charge in [0.15, 0.2) is 0 Å². The van der Waals surface area contributed by atoms with Crippen molar-refractivity contribution >= 4 is 15.9 Å². The summed E-state index contributed by atoms with van der Waals surface area (Å²) in [7, 11) is -0.767. The van der Waals surface area contributed by atoms with Crippen molar-refractivity contribution in [1.82, 2.24) is 9.29 Å². The molecule has 0 atom stereocenters. The minimum Gasteiger partial charge on any atom is -0.269 e. The standard InChI is InChI=1S/C7H10FN3O2S/c1-11(2)14(12,13)10-6-3-4-7(8)9-5-6/h3-5,10H,1-2H3. The van der Waals surface area contributed by atoms with E-state index in [0.29, 0.717) is 0 Å². The fourth-order valence-electron chi connectivity index (χ4n) is 0.676. The predicted octanol–water partition coefficient (Wildman–Crippen LogP) is 0.439. The van der Waals surface area contributed by atoms with Crippen molar-refractivity contribution in [3.8, 4) is 0 Å². The van der Waals surface area contributed by atoms with Gasteiger partial charge >= 0.3 is 10.2 Å². The van der Waals surface area contributed by atoms with Gasteiger partial charge in [0.2, 0.25) is 5.95 Å². The van der Waals surface area contributed by atoms with Crippen LogP contribution in [0.2, 0.25) is 0 Å². The SMILES string of the molecule is CN(C)S(=O)(=O)Nc1ccc(F)nc1. The van der Waals surface area contributed by atoms with Gasteiger partial charge in [0.25, 0.3) is 0 Å². The van der Waals surface area contributed by atoms with E-state index >= 15 is 0 Å². The molecule has 0 aromatic carbocycles. The van der Waals surface area contributed by atoms with Crippen LogP contribution in [0.25, 0.3) is 0 Å².